The average molecular weight is 403 g/mol. The molecule has 148 valence electrons. The van der Waals surface area contributed by atoms with Crippen LogP contribution in [0.2, 0.25) is 0 Å². The number of hydrogen-bond donors (Lipinski definition) is 2. The number of fused-ring (bicyclic) bond motifs is 1. The molecule has 8 nitrogen and oxygen atoms in total. The predicted molar refractivity (Wildman–Crippen MR) is 109 cm³/mol. The Morgan fingerprint density at radius 2 is 1.79 bits per heavy atom. The van der Waals surface area contributed by atoms with Gasteiger partial charge in [0.05, 0.1) is 27.5 Å². The van der Waals surface area contributed by atoms with Gasteiger partial charge in [0, 0.05) is 12.1 Å². The zero-order valence-corrected chi connectivity index (χ0v) is 16.6. The monoisotopic (exact) mass is 403 g/mol. The fraction of sp³-hybridized carbons (Fsp3) is 0.263. The lowest BCUT2D eigenvalue weighted by molar-refractivity contribution is 0.174. The van der Waals surface area contributed by atoms with E-state index in [0.29, 0.717) is 28.9 Å². The molecule has 0 fully saturated rings. The molecule has 1 aliphatic rings. The van der Waals surface area contributed by atoms with Crippen LogP contribution in [0.3, 0.4) is 0 Å². The van der Waals surface area contributed by atoms with Crippen LogP contribution in [0.4, 0.5) is 0 Å². The first-order valence-corrected chi connectivity index (χ1v) is 8.81. The molecule has 0 bridgehead atoms. The van der Waals surface area contributed by atoms with Crippen LogP contribution >= 0.6 is 12.2 Å². The number of thiocarbonyl (C=S) groups is 1. The Morgan fingerprint density at radius 3 is 2.46 bits per heavy atom. The van der Waals surface area contributed by atoms with Gasteiger partial charge in [0.25, 0.3) is 0 Å². The van der Waals surface area contributed by atoms with Crippen molar-refractivity contribution in [1.29, 1.82) is 0 Å². The van der Waals surface area contributed by atoms with Crippen LogP contribution < -0.4 is 34.4 Å². The van der Waals surface area contributed by atoms with Crippen molar-refractivity contribution in [2.75, 3.05) is 28.1 Å². The first-order chi connectivity index (χ1) is 13.6. The van der Waals surface area contributed by atoms with Gasteiger partial charge in [0.2, 0.25) is 12.5 Å². The minimum absolute atomic E-state index is 0.252. The molecule has 0 unspecified atom stereocenters. The quantitative estimate of drug-likeness (QED) is 0.414. The number of hydrogen-bond acceptors (Lipinski definition) is 7. The van der Waals surface area contributed by atoms with Crippen LogP contribution in [0.5, 0.6) is 28.7 Å². The number of rotatable bonds is 7. The van der Waals surface area contributed by atoms with Crippen LogP contribution in [0, 0.1) is 0 Å². The fourth-order valence-corrected chi connectivity index (χ4v) is 2.74. The van der Waals surface area contributed by atoms with Gasteiger partial charge in [0.1, 0.15) is 0 Å². The topological polar surface area (TPSA) is 82.6 Å². The lowest BCUT2D eigenvalue weighted by Crippen LogP contribution is -2.31. The summed E-state index contributed by atoms with van der Waals surface area (Å²) in [5, 5.41) is 7.61. The van der Waals surface area contributed by atoms with E-state index in [1.165, 1.54) is 0 Å². The molecular weight excluding hydrogens is 382 g/mol. The predicted octanol–water partition coefficient (Wildman–Crippen LogP) is 2.44. The summed E-state index contributed by atoms with van der Waals surface area (Å²) in [4.78, 5) is 0. The molecule has 0 aromatic heterocycles. The van der Waals surface area contributed by atoms with Crippen molar-refractivity contribution in [3.63, 3.8) is 0 Å². The van der Waals surface area contributed by atoms with Crippen molar-refractivity contribution >= 4 is 23.5 Å². The number of ether oxygens (including phenoxy) is 5. The highest BCUT2D eigenvalue weighted by molar-refractivity contribution is 7.80. The second-order valence-corrected chi connectivity index (χ2v) is 6.11. The smallest absolute Gasteiger partial charge is 0.231 e. The number of nitrogens with zero attached hydrogens (tertiary/aromatic N) is 1. The van der Waals surface area contributed by atoms with Crippen molar-refractivity contribution in [3.05, 3.63) is 41.5 Å². The summed E-state index contributed by atoms with van der Waals surface area (Å²) in [6.07, 6.45) is 1.61. The third kappa shape index (κ3) is 4.55. The van der Waals surface area contributed by atoms with Gasteiger partial charge in [-0.15, -0.1) is 0 Å². The van der Waals surface area contributed by atoms with Gasteiger partial charge in [0.15, 0.2) is 28.1 Å². The molecule has 0 radical (unpaired) electrons. The summed E-state index contributed by atoms with van der Waals surface area (Å²) >= 11 is 5.24. The van der Waals surface area contributed by atoms with Crippen molar-refractivity contribution in [2.45, 2.75) is 6.54 Å². The summed E-state index contributed by atoms with van der Waals surface area (Å²) in [6, 6.07) is 9.31. The first-order valence-electron chi connectivity index (χ1n) is 8.40. The summed E-state index contributed by atoms with van der Waals surface area (Å²) in [7, 11) is 4.68. The van der Waals surface area contributed by atoms with E-state index >= 15 is 0 Å². The summed E-state index contributed by atoms with van der Waals surface area (Å²) in [5.74, 6) is 3.10. The Hall–Kier alpha value is -3.20. The van der Waals surface area contributed by atoms with E-state index in [-0.39, 0.29) is 6.79 Å². The number of methoxy groups -OCH3 is 3. The first kappa shape index (κ1) is 19.6. The Morgan fingerprint density at radius 1 is 1.07 bits per heavy atom. The summed E-state index contributed by atoms with van der Waals surface area (Å²) in [6.45, 7) is 0.782. The molecule has 0 atom stereocenters. The Bertz CT molecular complexity index is 863. The van der Waals surface area contributed by atoms with Gasteiger partial charge in [-0.25, -0.2) is 0 Å². The third-order valence-corrected chi connectivity index (χ3v) is 4.19. The van der Waals surface area contributed by atoms with Crippen LogP contribution in [0.15, 0.2) is 35.4 Å². The zero-order chi connectivity index (χ0) is 19.9. The molecule has 28 heavy (non-hydrogen) atoms. The van der Waals surface area contributed by atoms with E-state index < -0.39 is 0 Å². The summed E-state index contributed by atoms with van der Waals surface area (Å²) < 4.78 is 26.6. The minimum Gasteiger partial charge on any atom is -0.493 e. The maximum absolute atomic E-state index is 5.36. The lowest BCUT2D eigenvalue weighted by atomic mass is 10.2. The molecule has 1 aliphatic heterocycles. The molecule has 0 aliphatic carbocycles. The molecule has 0 spiro atoms. The van der Waals surface area contributed by atoms with Gasteiger partial charge < -0.3 is 29.0 Å². The van der Waals surface area contributed by atoms with Crippen LogP contribution in [-0.2, 0) is 6.54 Å². The van der Waals surface area contributed by atoms with Crippen molar-refractivity contribution in [1.82, 2.24) is 10.7 Å². The Labute approximate surface area is 168 Å². The minimum atomic E-state index is 0.252. The van der Waals surface area contributed by atoms with Crippen LogP contribution in [0.1, 0.15) is 11.1 Å². The highest BCUT2D eigenvalue weighted by atomic mass is 32.1. The maximum Gasteiger partial charge on any atom is 0.231 e. The normalized spacial score (nSPS) is 12.0. The highest BCUT2D eigenvalue weighted by Crippen LogP contribution is 2.37. The number of hydrazone groups is 1. The third-order valence-electron chi connectivity index (χ3n) is 3.96. The van der Waals surface area contributed by atoms with E-state index in [1.54, 1.807) is 39.7 Å². The van der Waals surface area contributed by atoms with Crippen molar-refractivity contribution in [3.8, 4) is 28.7 Å². The molecule has 0 amide bonds. The van der Waals surface area contributed by atoms with Gasteiger partial charge in [-0.1, -0.05) is 6.07 Å². The van der Waals surface area contributed by atoms with Crippen LogP contribution in [0.25, 0.3) is 0 Å². The van der Waals surface area contributed by atoms with Crippen molar-refractivity contribution in [2.24, 2.45) is 5.10 Å². The molecule has 2 aromatic carbocycles. The molecule has 0 saturated heterocycles. The Kier molecular flexibility index (Phi) is 6.38. The molecule has 1 heterocycles. The van der Waals surface area contributed by atoms with Crippen LogP contribution in [-0.4, -0.2) is 39.4 Å². The highest BCUT2D eigenvalue weighted by Gasteiger charge is 2.13. The summed E-state index contributed by atoms with van der Waals surface area (Å²) in [5.41, 5.74) is 4.56. The SMILES string of the molecule is COc1cc(/C=N\NC(=S)NCc2ccc3c(c2)OCO3)cc(OC)c1OC. The van der Waals surface area contributed by atoms with E-state index in [0.717, 1.165) is 22.6 Å². The number of nitrogens with one attached hydrogen (secondary N) is 2. The largest absolute Gasteiger partial charge is 0.493 e. The van der Waals surface area contributed by atoms with Crippen molar-refractivity contribution < 1.29 is 23.7 Å². The molecule has 3 rings (SSSR count). The van der Waals surface area contributed by atoms with Gasteiger partial charge in [-0.2, -0.15) is 5.10 Å². The van der Waals surface area contributed by atoms with E-state index in [2.05, 4.69) is 15.8 Å². The second kappa shape index (κ2) is 9.14. The second-order valence-electron chi connectivity index (χ2n) is 5.70. The van der Waals surface area contributed by atoms with E-state index in [9.17, 15) is 0 Å². The standard InChI is InChI=1S/C19H21N3O5S/c1-23-16-7-13(8-17(24-2)18(16)25-3)10-21-22-19(28)20-9-12-4-5-14-15(6-12)27-11-26-14/h4-8,10H,9,11H2,1-3H3,(H2,20,22,28)/b21-10-. The van der Waals surface area contributed by atoms with Gasteiger partial charge in [-0.3, -0.25) is 5.43 Å². The molecule has 9 heteroatoms. The average Bonchev–Trinajstić information content (AvgIpc) is 3.19. The molecule has 2 N–H and O–H groups in total. The molecular formula is C19H21N3O5S. The van der Waals surface area contributed by atoms with Gasteiger partial charge >= 0.3 is 0 Å². The fourth-order valence-electron chi connectivity index (χ4n) is 2.61. The Balaban J connectivity index is 1.56. The molecule has 2 aromatic rings. The lowest BCUT2D eigenvalue weighted by Gasteiger charge is -2.12. The van der Waals surface area contributed by atoms with Gasteiger partial charge in [-0.05, 0) is 42.0 Å². The maximum atomic E-state index is 5.36. The van der Waals surface area contributed by atoms with E-state index in [4.69, 9.17) is 35.9 Å². The zero-order valence-electron chi connectivity index (χ0n) is 15.8. The molecule has 0 saturated carbocycles. The van der Waals surface area contributed by atoms with E-state index in [1.807, 2.05) is 18.2 Å². The number of benzene rings is 2.